The van der Waals surface area contributed by atoms with Crippen LogP contribution in [0.3, 0.4) is 0 Å². The summed E-state index contributed by atoms with van der Waals surface area (Å²) in [6, 6.07) is -0.799. The van der Waals surface area contributed by atoms with Gasteiger partial charge in [0.05, 0.1) is 6.10 Å². The number of aliphatic carboxylic acids is 1. The van der Waals surface area contributed by atoms with Crippen LogP contribution in [0.1, 0.15) is 17.3 Å². The maximum Gasteiger partial charge on any atom is 0.328 e. The zero-order valence-corrected chi connectivity index (χ0v) is 9.65. The topological polar surface area (TPSA) is 86.6 Å². The first-order valence-electron chi connectivity index (χ1n) is 5.10. The number of aliphatic hydroxyl groups excluding tert-OH is 1. The first-order valence-corrected chi connectivity index (χ1v) is 5.10. The van der Waals surface area contributed by atoms with Gasteiger partial charge in [0.1, 0.15) is 0 Å². The third kappa shape index (κ3) is 3.44. The first kappa shape index (κ1) is 15.0. The van der Waals surface area contributed by atoms with E-state index in [1.165, 1.54) is 0 Å². The van der Waals surface area contributed by atoms with Gasteiger partial charge < -0.3 is 15.5 Å². The third-order valence-electron chi connectivity index (χ3n) is 2.28. The van der Waals surface area contributed by atoms with E-state index in [0.717, 1.165) is 6.92 Å². The summed E-state index contributed by atoms with van der Waals surface area (Å²) in [5.41, 5.74) is -0.594. The summed E-state index contributed by atoms with van der Waals surface area (Å²) in [6.07, 6.45) is -1.42. The molecule has 0 radical (unpaired) electrons. The van der Waals surface area contributed by atoms with Crippen LogP contribution in [0.25, 0.3) is 0 Å². The predicted octanol–water partition coefficient (Wildman–Crippen LogP) is 0.668. The molecule has 0 aliphatic carbocycles. The molecule has 0 spiro atoms. The van der Waals surface area contributed by atoms with Crippen LogP contribution in [0.2, 0.25) is 0 Å². The molecule has 5 nitrogen and oxygen atoms in total. The largest absolute Gasteiger partial charge is 0.480 e. The van der Waals surface area contributed by atoms with Gasteiger partial charge >= 0.3 is 5.97 Å². The van der Waals surface area contributed by atoms with Gasteiger partial charge in [-0.05, 0) is 19.1 Å². The lowest BCUT2D eigenvalue weighted by atomic mass is 10.1. The molecule has 0 saturated carbocycles. The fraction of sp³-hybridized carbons (Fsp3) is 0.273. The van der Waals surface area contributed by atoms with Crippen LogP contribution in [0.4, 0.5) is 13.2 Å². The molecule has 0 heterocycles. The van der Waals surface area contributed by atoms with Crippen molar-refractivity contribution in [3.05, 3.63) is 35.1 Å². The van der Waals surface area contributed by atoms with E-state index in [0.29, 0.717) is 12.1 Å². The Balaban J connectivity index is 2.98. The van der Waals surface area contributed by atoms with Crippen molar-refractivity contribution in [1.82, 2.24) is 5.32 Å². The summed E-state index contributed by atoms with van der Waals surface area (Å²) >= 11 is 0. The van der Waals surface area contributed by atoms with Crippen molar-refractivity contribution in [2.24, 2.45) is 0 Å². The van der Waals surface area contributed by atoms with Gasteiger partial charge in [-0.3, -0.25) is 4.79 Å². The van der Waals surface area contributed by atoms with E-state index in [4.69, 9.17) is 10.2 Å². The number of amides is 1. The number of carboxylic acids is 1. The molecule has 104 valence electrons. The molecule has 0 bridgehead atoms. The Bertz CT molecular complexity index is 496. The highest BCUT2D eigenvalue weighted by molar-refractivity contribution is 5.96. The molecule has 0 aliphatic heterocycles. The monoisotopic (exact) mass is 277 g/mol. The number of carboxylic acid groups (broad SMARTS) is 1. The number of halogens is 3. The van der Waals surface area contributed by atoms with E-state index in [1.54, 1.807) is 0 Å². The molecule has 8 heteroatoms. The summed E-state index contributed by atoms with van der Waals surface area (Å²) in [5, 5.41) is 19.7. The second-order valence-electron chi connectivity index (χ2n) is 3.78. The number of carbonyl (C=O) groups is 2. The maximum atomic E-state index is 12.9. The minimum Gasteiger partial charge on any atom is -0.480 e. The van der Waals surface area contributed by atoms with Crippen LogP contribution in [0, 0.1) is 17.5 Å². The van der Waals surface area contributed by atoms with Gasteiger partial charge in [-0.15, -0.1) is 0 Å². The summed E-state index contributed by atoms with van der Waals surface area (Å²) in [5.74, 6) is -7.55. The number of nitrogens with one attached hydrogen (secondary N) is 1. The van der Waals surface area contributed by atoms with Crippen molar-refractivity contribution in [3.8, 4) is 0 Å². The van der Waals surface area contributed by atoms with Crippen LogP contribution < -0.4 is 5.32 Å². The molecule has 3 N–H and O–H groups in total. The van der Waals surface area contributed by atoms with Gasteiger partial charge in [0.15, 0.2) is 23.5 Å². The van der Waals surface area contributed by atoms with Gasteiger partial charge in [-0.2, -0.15) is 0 Å². The van der Waals surface area contributed by atoms with Gasteiger partial charge in [0, 0.05) is 5.56 Å². The SMILES string of the molecule is C[C@@H](O)[C@H](NC(=O)c1cc(F)c(F)c(F)c1)C(=O)O. The van der Waals surface area contributed by atoms with Crippen LogP contribution in [-0.4, -0.2) is 34.2 Å². The number of hydrogen-bond donors (Lipinski definition) is 3. The van der Waals surface area contributed by atoms with Crippen LogP contribution in [0.15, 0.2) is 12.1 Å². The lowest BCUT2D eigenvalue weighted by Gasteiger charge is -2.17. The van der Waals surface area contributed by atoms with Crippen LogP contribution >= 0.6 is 0 Å². The molecule has 1 aromatic carbocycles. The molecule has 0 saturated heterocycles. The van der Waals surface area contributed by atoms with Gasteiger partial charge in [-0.25, -0.2) is 18.0 Å². The number of aliphatic hydroxyl groups is 1. The third-order valence-corrected chi connectivity index (χ3v) is 2.28. The van der Waals surface area contributed by atoms with E-state index in [2.05, 4.69) is 0 Å². The van der Waals surface area contributed by atoms with E-state index >= 15 is 0 Å². The minimum absolute atomic E-state index is 0.425. The average Bonchev–Trinajstić information content (AvgIpc) is 2.31. The van der Waals surface area contributed by atoms with E-state index in [-0.39, 0.29) is 0 Å². The summed E-state index contributed by atoms with van der Waals surface area (Å²) < 4.78 is 38.5. The Labute approximate surface area is 105 Å². The average molecular weight is 277 g/mol. The number of benzene rings is 1. The van der Waals surface area contributed by atoms with Crippen molar-refractivity contribution >= 4 is 11.9 Å². The summed E-state index contributed by atoms with van der Waals surface area (Å²) in [6.45, 7) is 1.12. The first-order chi connectivity index (χ1) is 8.73. The van der Waals surface area contributed by atoms with Gasteiger partial charge in [-0.1, -0.05) is 0 Å². The van der Waals surface area contributed by atoms with Gasteiger partial charge in [0.2, 0.25) is 0 Å². The predicted molar refractivity (Wildman–Crippen MR) is 56.9 cm³/mol. The van der Waals surface area contributed by atoms with Crippen LogP contribution in [-0.2, 0) is 4.79 Å². The minimum atomic E-state index is -1.73. The maximum absolute atomic E-state index is 12.9. The number of carbonyl (C=O) groups excluding carboxylic acids is 1. The summed E-state index contributed by atoms with van der Waals surface area (Å²) in [4.78, 5) is 22.3. The van der Waals surface area contributed by atoms with Crippen molar-refractivity contribution in [1.29, 1.82) is 0 Å². The molecular weight excluding hydrogens is 267 g/mol. The van der Waals surface area contributed by atoms with Crippen molar-refractivity contribution < 1.29 is 33.0 Å². The van der Waals surface area contributed by atoms with Crippen molar-refractivity contribution in [2.75, 3.05) is 0 Å². The second-order valence-corrected chi connectivity index (χ2v) is 3.78. The zero-order valence-electron chi connectivity index (χ0n) is 9.65. The standard InChI is InChI=1S/C11H10F3NO4/c1-4(16)9(11(18)19)15-10(17)5-2-6(12)8(14)7(13)3-5/h2-4,9,16H,1H3,(H,15,17)(H,18,19)/t4-,9+/m1/s1. The lowest BCUT2D eigenvalue weighted by molar-refractivity contribution is -0.141. The lowest BCUT2D eigenvalue weighted by Crippen LogP contribution is -2.47. The molecule has 1 aromatic rings. The highest BCUT2D eigenvalue weighted by atomic mass is 19.2. The van der Waals surface area contributed by atoms with E-state index in [1.807, 2.05) is 5.32 Å². The smallest absolute Gasteiger partial charge is 0.328 e. The molecular formula is C11H10F3NO4. The second kappa shape index (κ2) is 5.70. The molecule has 0 fully saturated rings. The highest BCUT2D eigenvalue weighted by Crippen LogP contribution is 2.13. The Kier molecular flexibility index (Phi) is 4.49. The van der Waals surface area contributed by atoms with E-state index in [9.17, 15) is 22.8 Å². The zero-order chi connectivity index (χ0) is 14.7. The van der Waals surface area contributed by atoms with Crippen molar-refractivity contribution in [2.45, 2.75) is 19.1 Å². The van der Waals surface area contributed by atoms with Crippen LogP contribution in [0.5, 0.6) is 0 Å². The normalized spacial score (nSPS) is 13.7. The Morgan fingerprint density at radius 2 is 1.68 bits per heavy atom. The van der Waals surface area contributed by atoms with E-state index < -0.39 is 47.0 Å². The van der Waals surface area contributed by atoms with Crippen molar-refractivity contribution in [3.63, 3.8) is 0 Å². The Morgan fingerprint density at radius 1 is 1.21 bits per heavy atom. The fourth-order valence-corrected chi connectivity index (χ4v) is 1.30. The number of hydrogen-bond acceptors (Lipinski definition) is 3. The quantitative estimate of drug-likeness (QED) is 0.706. The number of rotatable bonds is 4. The molecule has 19 heavy (non-hydrogen) atoms. The Hall–Kier alpha value is -2.09. The summed E-state index contributed by atoms with van der Waals surface area (Å²) in [7, 11) is 0. The molecule has 1 amide bonds. The molecule has 0 unspecified atom stereocenters. The fourth-order valence-electron chi connectivity index (χ4n) is 1.30. The molecule has 1 rings (SSSR count). The highest BCUT2D eigenvalue weighted by Gasteiger charge is 2.26. The molecule has 2 atom stereocenters. The van der Waals surface area contributed by atoms with Gasteiger partial charge in [0.25, 0.3) is 5.91 Å². The Morgan fingerprint density at radius 3 is 2.05 bits per heavy atom. The molecule has 0 aliphatic rings. The molecule has 0 aromatic heterocycles.